The summed E-state index contributed by atoms with van der Waals surface area (Å²) in [5.41, 5.74) is 0.180. The molecule has 0 aliphatic carbocycles. The summed E-state index contributed by atoms with van der Waals surface area (Å²) in [4.78, 5) is 49.8. The molecule has 3 N–H and O–H groups in total. The predicted octanol–water partition coefficient (Wildman–Crippen LogP) is 1.03. The van der Waals surface area contributed by atoms with Crippen LogP contribution in [-0.2, 0) is 9.59 Å². The topological polar surface area (TPSA) is 108 Å². The fourth-order valence-electron chi connectivity index (χ4n) is 4.14. The molecule has 2 fully saturated rings. The highest BCUT2D eigenvalue weighted by Gasteiger charge is 2.45. The Morgan fingerprint density at radius 3 is 2.45 bits per heavy atom. The first kappa shape index (κ1) is 19.5. The van der Waals surface area contributed by atoms with Crippen molar-refractivity contribution in [3.8, 4) is 0 Å². The average Bonchev–Trinajstić information content (AvgIpc) is 2.91. The van der Waals surface area contributed by atoms with E-state index in [1.807, 2.05) is 0 Å². The second-order valence-electron chi connectivity index (χ2n) is 8.24. The van der Waals surface area contributed by atoms with Crippen molar-refractivity contribution in [3.05, 3.63) is 29.1 Å². The molecule has 29 heavy (non-hydrogen) atoms. The van der Waals surface area contributed by atoms with E-state index in [-0.39, 0.29) is 35.1 Å². The highest BCUT2D eigenvalue weighted by molar-refractivity contribution is 6.23. The SMILES string of the molecule is CC1(CNc2cc3c(cc2F)C(=O)N(C2CCC(=O)NC2=O)C3=O)CCNCC1. The first-order valence-corrected chi connectivity index (χ1v) is 9.79. The Hall–Kier alpha value is -2.81. The van der Waals surface area contributed by atoms with Gasteiger partial charge in [0.2, 0.25) is 11.8 Å². The number of carbonyl (C=O) groups excluding carboxylic acids is 4. The van der Waals surface area contributed by atoms with Crippen LogP contribution in [0.1, 0.15) is 53.3 Å². The maximum Gasteiger partial charge on any atom is 0.262 e. The van der Waals surface area contributed by atoms with Crippen LogP contribution in [0.4, 0.5) is 10.1 Å². The van der Waals surface area contributed by atoms with E-state index in [0.29, 0.717) is 6.54 Å². The van der Waals surface area contributed by atoms with Gasteiger partial charge in [0.05, 0.1) is 16.8 Å². The van der Waals surface area contributed by atoms with Gasteiger partial charge in [-0.3, -0.25) is 29.4 Å². The van der Waals surface area contributed by atoms with Crippen LogP contribution in [0, 0.1) is 11.2 Å². The number of amides is 4. The van der Waals surface area contributed by atoms with Crippen LogP contribution in [0.5, 0.6) is 0 Å². The van der Waals surface area contributed by atoms with E-state index in [2.05, 4.69) is 22.9 Å². The zero-order chi connectivity index (χ0) is 20.8. The lowest BCUT2D eigenvalue weighted by molar-refractivity contribution is -0.136. The van der Waals surface area contributed by atoms with Crippen molar-refractivity contribution in [3.63, 3.8) is 0 Å². The number of nitrogens with one attached hydrogen (secondary N) is 3. The standard InChI is InChI=1S/C20H23FN4O4/c1-20(4-6-22-7-5-20)10-23-14-9-12-11(8-13(14)21)18(28)25(19(12)29)15-2-3-16(26)24-17(15)27/h8-9,15,22-23H,2-7,10H2,1H3,(H,24,26,27). The van der Waals surface area contributed by atoms with Gasteiger partial charge < -0.3 is 10.6 Å². The summed E-state index contributed by atoms with van der Waals surface area (Å²) in [6.45, 7) is 4.48. The summed E-state index contributed by atoms with van der Waals surface area (Å²) >= 11 is 0. The third kappa shape index (κ3) is 3.50. The molecule has 0 aromatic heterocycles. The summed E-state index contributed by atoms with van der Waals surface area (Å²) in [5, 5.41) is 8.52. The molecule has 4 rings (SSSR count). The number of benzene rings is 1. The normalized spacial score (nSPS) is 23.8. The smallest absolute Gasteiger partial charge is 0.262 e. The molecule has 154 valence electrons. The third-order valence-electron chi connectivity index (χ3n) is 6.04. The number of hydrogen-bond acceptors (Lipinski definition) is 6. The van der Waals surface area contributed by atoms with Gasteiger partial charge in [0.25, 0.3) is 11.8 Å². The first-order valence-electron chi connectivity index (χ1n) is 9.79. The molecule has 3 aliphatic rings. The zero-order valence-corrected chi connectivity index (χ0v) is 16.1. The molecular weight excluding hydrogens is 379 g/mol. The monoisotopic (exact) mass is 402 g/mol. The Labute approximate surface area is 167 Å². The summed E-state index contributed by atoms with van der Waals surface area (Å²) in [5.74, 6) is -3.10. The largest absolute Gasteiger partial charge is 0.382 e. The summed E-state index contributed by atoms with van der Waals surface area (Å²) < 4.78 is 14.6. The fraction of sp³-hybridized carbons (Fsp3) is 0.500. The van der Waals surface area contributed by atoms with Crippen LogP contribution < -0.4 is 16.0 Å². The Bertz CT molecular complexity index is 910. The Morgan fingerprint density at radius 1 is 1.14 bits per heavy atom. The molecule has 8 nitrogen and oxygen atoms in total. The van der Waals surface area contributed by atoms with E-state index < -0.39 is 35.5 Å². The zero-order valence-electron chi connectivity index (χ0n) is 16.1. The number of rotatable bonds is 4. The minimum Gasteiger partial charge on any atom is -0.382 e. The van der Waals surface area contributed by atoms with Crippen LogP contribution in [0.3, 0.4) is 0 Å². The molecule has 3 aliphatic heterocycles. The van der Waals surface area contributed by atoms with E-state index >= 15 is 0 Å². The summed E-state index contributed by atoms with van der Waals surface area (Å²) in [7, 11) is 0. The van der Waals surface area contributed by atoms with Crippen molar-refractivity contribution in [1.82, 2.24) is 15.5 Å². The molecule has 0 bridgehead atoms. The van der Waals surface area contributed by atoms with Gasteiger partial charge in [0.1, 0.15) is 11.9 Å². The van der Waals surface area contributed by atoms with Gasteiger partial charge in [-0.2, -0.15) is 0 Å². The molecule has 1 aromatic rings. The predicted molar refractivity (Wildman–Crippen MR) is 102 cm³/mol. The number of nitrogens with zero attached hydrogens (tertiary/aromatic N) is 1. The van der Waals surface area contributed by atoms with Gasteiger partial charge in [-0.15, -0.1) is 0 Å². The highest BCUT2D eigenvalue weighted by Crippen LogP contribution is 2.33. The average molecular weight is 402 g/mol. The second-order valence-corrected chi connectivity index (χ2v) is 8.24. The van der Waals surface area contributed by atoms with Gasteiger partial charge in [-0.05, 0) is 49.9 Å². The molecule has 1 atom stereocenters. The minimum absolute atomic E-state index is 0.00922. The molecule has 9 heteroatoms. The lowest BCUT2D eigenvalue weighted by Crippen LogP contribution is -2.54. The Balaban J connectivity index is 1.56. The number of anilines is 1. The van der Waals surface area contributed by atoms with Gasteiger partial charge in [0.15, 0.2) is 0 Å². The molecule has 4 amide bonds. The molecular formula is C20H23FN4O4. The molecule has 0 radical (unpaired) electrons. The maximum atomic E-state index is 14.6. The van der Waals surface area contributed by atoms with Crippen molar-refractivity contribution in [2.75, 3.05) is 25.0 Å². The van der Waals surface area contributed by atoms with Crippen LogP contribution >= 0.6 is 0 Å². The number of piperidine rings is 2. The quantitative estimate of drug-likeness (QED) is 0.650. The van der Waals surface area contributed by atoms with E-state index in [9.17, 15) is 23.6 Å². The van der Waals surface area contributed by atoms with Crippen LogP contribution in [0.2, 0.25) is 0 Å². The second kappa shape index (κ2) is 7.22. The Kier molecular flexibility index (Phi) is 4.85. The van der Waals surface area contributed by atoms with Crippen LogP contribution in [0.15, 0.2) is 12.1 Å². The van der Waals surface area contributed by atoms with Crippen LogP contribution in [0.25, 0.3) is 0 Å². The molecule has 2 saturated heterocycles. The van der Waals surface area contributed by atoms with Crippen molar-refractivity contribution in [2.45, 2.75) is 38.6 Å². The number of hydrogen-bond donors (Lipinski definition) is 3. The first-order chi connectivity index (χ1) is 13.8. The molecule has 0 saturated carbocycles. The van der Waals surface area contributed by atoms with Crippen molar-refractivity contribution < 1.29 is 23.6 Å². The van der Waals surface area contributed by atoms with Gasteiger partial charge in [-0.25, -0.2) is 4.39 Å². The lowest BCUT2D eigenvalue weighted by atomic mass is 9.81. The number of halogens is 1. The maximum absolute atomic E-state index is 14.6. The Morgan fingerprint density at radius 2 is 1.79 bits per heavy atom. The minimum atomic E-state index is -1.06. The molecule has 1 unspecified atom stereocenters. The summed E-state index contributed by atoms with van der Waals surface area (Å²) in [6, 6.07) is 1.34. The van der Waals surface area contributed by atoms with Crippen molar-refractivity contribution in [2.24, 2.45) is 5.41 Å². The van der Waals surface area contributed by atoms with Crippen molar-refractivity contribution in [1.29, 1.82) is 0 Å². The lowest BCUT2D eigenvalue weighted by Gasteiger charge is -2.34. The van der Waals surface area contributed by atoms with E-state index in [0.717, 1.165) is 36.9 Å². The third-order valence-corrected chi connectivity index (χ3v) is 6.04. The fourth-order valence-corrected chi connectivity index (χ4v) is 4.14. The molecule has 1 aromatic carbocycles. The van der Waals surface area contributed by atoms with E-state index in [1.54, 1.807) is 0 Å². The van der Waals surface area contributed by atoms with E-state index in [4.69, 9.17) is 0 Å². The highest BCUT2D eigenvalue weighted by atomic mass is 19.1. The van der Waals surface area contributed by atoms with Crippen molar-refractivity contribution >= 4 is 29.3 Å². The van der Waals surface area contributed by atoms with Gasteiger partial charge >= 0.3 is 0 Å². The molecule has 0 spiro atoms. The van der Waals surface area contributed by atoms with Gasteiger partial charge in [0, 0.05) is 13.0 Å². The number of imide groups is 2. The summed E-state index contributed by atoms with van der Waals surface area (Å²) in [6.07, 6.45) is 2.01. The van der Waals surface area contributed by atoms with E-state index in [1.165, 1.54) is 6.07 Å². The number of fused-ring (bicyclic) bond motifs is 1. The number of carbonyl (C=O) groups is 4. The molecule has 3 heterocycles. The van der Waals surface area contributed by atoms with Gasteiger partial charge in [-0.1, -0.05) is 6.92 Å². The van der Waals surface area contributed by atoms with Crippen LogP contribution in [-0.4, -0.2) is 54.2 Å².